The number of nitrogens with one attached hydrogen (secondary N) is 2. The Morgan fingerprint density at radius 2 is 1.70 bits per heavy atom. The summed E-state index contributed by atoms with van der Waals surface area (Å²) in [5.74, 6) is -1.12. The zero-order valence-electron chi connectivity index (χ0n) is 15.2. The van der Waals surface area contributed by atoms with Crippen molar-refractivity contribution in [2.24, 2.45) is 0 Å². The highest BCUT2D eigenvalue weighted by atomic mass is 32.2. The number of rotatable bonds is 8. The Morgan fingerprint density at radius 1 is 1.04 bits per heavy atom. The minimum Gasteiger partial charge on any atom is -0.465 e. The number of carbonyl (C=O) groups excluding carboxylic acids is 2. The van der Waals surface area contributed by atoms with Crippen molar-refractivity contribution >= 4 is 27.6 Å². The van der Waals surface area contributed by atoms with Crippen LogP contribution in [-0.2, 0) is 20.5 Å². The fourth-order valence-electron chi connectivity index (χ4n) is 2.38. The molecule has 2 aromatic rings. The molecule has 0 saturated carbocycles. The van der Waals surface area contributed by atoms with E-state index in [9.17, 15) is 18.0 Å². The fourth-order valence-corrected chi connectivity index (χ4v) is 3.60. The smallest absolute Gasteiger partial charge is 0.337 e. The quantitative estimate of drug-likeness (QED) is 0.675. The number of esters is 1. The van der Waals surface area contributed by atoms with E-state index in [0.717, 1.165) is 6.42 Å². The summed E-state index contributed by atoms with van der Waals surface area (Å²) >= 11 is 0. The third kappa shape index (κ3) is 5.82. The molecule has 0 saturated heterocycles. The maximum absolute atomic E-state index is 12.5. The molecule has 2 rings (SSSR count). The SMILES string of the molecule is CCCNC(=O)c1ccccc1NS(=O)(=O)Cc1ccc(C(=O)OC)cc1. The number of para-hydroxylation sites is 1. The molecule has 0 aliphatic carbocycles. The molecule has 0 spiro atoms. The number of sulfonamides is 1. The van der Waals surface area contributed by atoms with Gasteiger partial charge in [0.1, 0.15) is 0 Å². The van der Waals surface area contributed by atoms with E-state index in [1.54, 1.807) is 36.4 Å². The van der Waals surface area contributed by atoms with Gasteiger partial charge in [0, 0.05) is 6.54 Å². The third-order valence-corrected chi connectivity index (χ3v) is 4.95. The first kappa shape index (κ1) is 20.4. The van der Waals surface area contributed by atoms with Crippen LogP contribution in [0.3, 0.4) is 0 Å². The maximum Gasteiger partial charge on any atom is 0.337 e. The Kier molecular flexibility index (Phi) is 6.95. The van der Waals surface area contributed by atoms with Crippen LogP contribution in [0.25, 0.3) is 0 Å². The number of carbonyl (C=O) groups is 2. The second-order valence-corrected chi connectivity index (χ2v) is 7.57. The summed E-state index contributed by atoms with van der Waals surface area (Å²) in [4.78, 5) is 23.6. The van der Waals surface area contributed by atoms with Crippen molar-refractivity contribution < 1.29 is 22.7 Å². The van der Waals surface area contributed by atoms with Crippen LogP contribution in [-0.4, -0.2) is 33.9 Å². The first-order valence-electron chi connectivity index (χ1n) is 8.41. The fraction of sp³-hybridized carbons (Fsp3) is 0.263. The van der Waals surface area contributed by atoms with Crippen LogP contribution in [0.1, 0.15) is 39.6 Å². The monoisotopic (exact) mass is 390 g/mol. The molecule has 0 fully saturated rings. The Hall–Kier alpha value is -2.87. The van der Waals surface area contributed by atoms with E-state index < -0.39 is 16.0 Å². The van der Waals surface area contributed by atoms with E-state index in [1.165, 1.54) is 19.2 Å². The lowest BCUT2D eigenvalue weighted by Crippen LogP contribution is -2.26. The second-order valence-electron chi connectivity index (χ2n) is 5.85. The van der Waals surface area contributed by atoms with Crippen LogP contribution in [0, 0.1) is 0 Å². The van der Waals surface area contributed by atoms with Gasteiger partial charge in [-0.1, -0.05) is 31.2 Å². The number of ether oxygens (including phenoxy) is 1. The topological polar surface area (TPSA) is 102 Å². The zero-order valence-corrected chi connectivity index (χ0v) is 16.0. The normalized spacial score (nSPS) is 10.9. The number of methoxy groups -OCH3 is 1. The summed E-state index contributed by atoms with van der Waals surface area (Å²) in [6.45, 7) is 2.44. The van der Waals surface area contributed by atoms with Crippen molar-refractivity contribution in [1.82, 2.24) is 5.32 Å². The highest BCUT2D eigenvalue weighted by Gasteiger charge is 2.17. The zero-order chi connectivity index (χ0) is 19.9. The van der Waals surface area contributed by atoms with Gasteiger partial charge in [0.05, 0.1) is 29.7 Å². The van der Waals surface area contributed by atoms with Crippen molar-refractivity contribution in [3.63, 3.8) is 0 Å². The summed E-state index contributed by atoms with van der Waals surface area (Å²) in [5.41, 5.74) is 1.32. The van der Waals surface area contributed by atoms with Gasteiger partial charge in [0.15, 0.2) is 0 Å². The maximum atomic E-state index is 12.5. The van der Waals surface area contributed by atoms with E-state index in [0.29, 0.717) is 17.7 Å². The van der Waals surface area contributed by atoms with Gasteiger partial charge in [0.2, 0.25) is 10.0 Å². The average Bonchev–Trinajstić information content (AvgIpc) is 2.65. The van der Waals surface area contributed by atoms with Gasteiger partial charge < -0.3 is 10.1 Å². The van der Waals surface area contributed by atoms with Crippen LogP contribution >= 0.6 is 0 Å². The van der Waals surface area contributed by atoms with Crippen LogP contribution in [0.5, 0.6) is 0 Å². The Labute approximate surface area is 158 Å². The van der Waals surface area contributed by atoms with Crippen molar-refractivity contribution in [3.05, 3.63) is 65.2 Å². The number of amides is 1. The Bertz CT molecular complexity index is 908. The predicted molar refractivity (Wildman–Crippen MR) is 103 cm³/mol. The number of benzene rings is 2. The molecular weight excluding hydrogens is 368 g/mol. The van der Waals surface area contributed by atoms with Crippen LogP contribution in [0.2, 0.25) is 0 Å². The van der Waals surface area contributed by atoms with E-state index in [1.807, 2.05) is 6.92 Å². The lowest BCUT2D eigenvalue weighted by Gasteiger charge is -2.13. The van der Waals surface area contributed by atoms with E-state index in [2.05, 4.69) is 14.8 Å². The van der Waals surface area contributed by atoms with E-state index >= 15 is 0 Å². The standard InChI is InChI=1S/C19H22N2O5S/c1-3-12-20-18(22)16-6-4-5-7-17(16)21-27(24,25)13-14-8-10-15(11-9-14)19(23)26-2/h4-11,21H,3,12-13H2,1-2H3,(H,20,22). The lowest BCUT2D eigenvalue weighted by molar-refractivity contribution is 0.0600. The van der Waals surface area contributed by atoms with Gasteiger partial charge >= 0.3 is 5.97 Å². The minimum absolute atomic E-state index is 0.220. The minimum atomic E-state index is -3.75. The molecule has 27 heavy (non-hydrogen) atoms. The van der Waals surface area contributed by atoms with E-state index in [4.69, 9.17) is 0 Å². The van der Waals surface area contributed by atoms with E-state index in [-0.39, 0.29) is 22.9 Å². The Balaban J connectivity index is 2.15. The molecule has 1 amide bonds. The number of anilines is 1. The van der Waals surface area contributed by atoms with Crippen LogP contribution < -0.4 is 10.0 Å². The molecule has 0 radical (unpaired) electrons. The average molecular weight is 390 g/mol. The first-order valence-corrected chi connectivity index (χ1v) is 10.1. The molecule has 0 atom stereocenters. The van der Waals surface area contributed by atoms with Gasteiger partial charge in [0.25, 0.3) is 5.91 Å². The summed E-state index contributed by atoms with van der Waals surface area (Å²) in [7, 11) is -2.47. The van der Waals surface area contributed by atoms with Crippen molar-refractivity contribution in [2.45, 2.75) is 19.1 Å². The molecule has 2 aromatic carbocycles. The third-order valence-electron chi connectivity index (χ3n) is 3.70. The summed E-state index contributed by atoms with van der Waals surface area (Å²) in [6.07, 6.45) is 0.779. The lowest BCUT2D eigenvalue weighted by atomic mass is 10.1. The summed E-state index contributed by atoms with van der Waals surface area (Å²) in [6, 6.07) is 12.5. The molecule has 144 valence electrons. The second kappa shape index (κ2) is 9.18. The first-order chi connectivity index (χ1) is 12.9. The largest absolute Gasteiger partial charge is 0.465 e. The molecule has 0 bridgehead atoms. The van der Waals surface area contributed by atoms with Gasteiger partial charge in [-0.3, -0.25) is 9.52 Å². The van der Waals surface area contributed by atoms with Gasteiger partial charge in [-0.2, -0.15) is 0 Å². The predicted octanol–water partition coefficient (Wildman–Crippen LogP) is 2.55. The summed E-state index contributed by atoms with van der Waals surface area (Å²) < 4.78 is 32.1. The number of hydrogen-bond acceptors (Lipinski definition) is 5. The molecule has 0 aromatic heterocycles. The van der Waals surface area contributed by atoms with Crippen LogP contribution in [0.4, 0.5) is 5.69 Å². The van der Waals surface area contributed by atoms with Gasteiger partial charge in [-0.05, 0) is 36.2 Å². The van der Waals surface area contributed by atoms with Crippen molar-refractivity contribution in [3.8, 4) is 0 Å². The van der Waals surface area contributed by atoms with Crippen LogP contribution in [0.15, 0.2) is 48.5 Å². The molecule has 8 heteroatoms. The van der Waals surface area contributed by atoms with Gasteiger partial charge in [-0.25, -0.2) is 13.2 Å². The van der Waals surface area contributed by atoms with Crippen molar-refractivity contribution in [2.75, 3.05) is 18.4 Å². The molecular formula is C19H22N2O5S. The molecule has 7 nitrogen and oxygen atoms in total. The molecule has 0 unspecified atom stereocenters. The molecule has 0 aliphatic heterocycles. The highest BCUT2D eigenvalue weighted by Crippen LogP contribution is 2.18. The molecule has 2 N–H and O–H groups in total. The van der Waals surface area contributed by atoms with Gasteiger partial charge in [-0.15, -0.1) is 0 Å². The summed E-state index contributed by atoms with van der Waals surface area (Å²) in [5, 5.41) is 2.73. The highest BCUT2D eigenvalue weighted by molar-refractivity contribution is 7.91. The molecule has 0 aliphatic rings. The molecule has 0 heterocycles. The van der Waals surface area contributed by atoms with Crippen molar-refractivity contribution in [1.29, 1.82) is 0 Å². The number of hydrogen-bond donors (Lipinski definition) is 2. The Morgan fingerprint density at radius 3 is 2.33 bits per heavy atom.